The van der Waals surface area contributed by atoms with Crippen LogP contribution < -0.4 is 0 Å². The Morgan fingerprint density at radius 1 is 0.255 bits per heavy atom. The van der Waals surface area contributed by atoms with Crippen molar-refractivity contribution in [2.75, 3.05) is 0 Å². The topological polar surface area (TPSA) is 60.7 Å². The third kappa shape index (κ3) is 13.8. The van der Waals surface area contributed by atoms with Gasteiger partial charge in [0.25, 0.3) is 0 Å². The molecule has 0 atom stereocenters. The molecular weight excluding hydrogens is 732 g/mol. The summed E-state index contributed by atoms with van der Waals surface area (Å²) in [6.07, 6.45) is 0. The molecule has 0 amide bonds. The highest BCUT2D eigenvalue weighted by Crippen LogP contribution is 2.39. The van der Waals surface area contributed by atoms with E-state index in [1.807, 2.05) is 35.3 Å². The van der Waals surface area contributed by atoms with Crippen molar-refractivity contribution in [3.05, 3.63) is 176 Å². The first-order valence-corrected chi connectivity index (χ1v) is 20.9. The highest BCUT2D eigenvalue weighted by molar-refractivity contribution is 8.00. The van der Waals surface area contributed by atoms with Gasteiger partial charge in [0, 0.05) is 29.4 Å². The summed E-state index contributed by atoms with van der Waals surface area (Å²) < 4.78 is 0. The Bertz CT molecular complexity index is 1670. The van der Waals surface area contributed by atoms with Gasteiger partial charge in [-0.1, -0.05) is 144 Å². The molecular formula is C48H57BO3S3. The first-order valence-electron chi connectivity index (χ1n) is 18.5. The molecule has 6 aromatic rings. The quantitative estimate of drug-likeness (QED) is 0.146. The standard InChI is InChI=1S/3C16H18S.BH3O3/c3*1-11-7-5-8-12(2)15(11)17-16-13(3)9-6-10-14(16)4;2-1(3)4/h3*5-10H,1-4H3;2-4H. The van der Waals surface area contributed by atoms with Crippen molar-refractivity contribution < 1.29 is 15.1 Å². The smallest absolute Gasteiger partial charge is 0.402 e. The zero-order chi connectivity index (χ0) is 40.8. The first-order chi connectivity index (χ1) is 26.0. The van der Waals surface area contributed by atoms with Crippen molar-refractivity contribution in [2.45, 2.75) is 112 Å². The van der Waals surface area contributed by atoms with E-state index in [9.17, 15) is 0 Å². The van der Waals surface area contributed by atoms with Crippen molar-refractivity contribution in [2.24, 2.45) is 0 Å². The Morgan fingerprint density at radius 2 is 0.345 bits per heavy atom. The number of rotatable bonds is 6. The third-order valence-electron chi connectivity index (χ3n) is 9.06. The Hall–Kier alpha value is -3.69. The number of hydrogen-bond donors (Lipinski definition) is 3. The highest BCUT2D eigenvalue weighted by atomic mass is 32.2. The van der Waals surface area contributed by atoms with Gasteiger partial charge in [0.2, 0.25) is 0 Å². The van der Waals surface area contributed by atoms with E-state index < -0.39 is 7.32 Å². The molecule has 0 bridgehead atoms. The molecule has 0 heterocycles. The molecule has 0 unspecified atom stereocenters. The maximum absolute atomic E-state index is 7.17. The van der Waals surface area contributed by atoms with E-state index >= 15 is 0 Å². The molecule has 55 heavy (non-hydrogen) atoms. The van der Waals surface area contributed by atoms with E-state index in [4.69, 9.17) is 15.1 Å². The maximum Gasteiger partial charge on any atom is 0.631 e. The largest absolute Gasteiger partial charge is 0.631 e. The van der Waals surface area contributed by atoms with Gasteiger partial charge >= 0.3 is 7.32 Å². The number of benzene rings is 6. The van der Waals surface area contributed by atoms with Crippen LogP contribution in [0.4, 0.5) is 0 Å². The van der Waals surface area contributed by atoms with Crippen LogP contribution in [0.3, 0.4) is 0 Å². The third-order valence-corrected chi connectivity index (χ3v) is 14.2. The molecule has 0 radical (unpaired) electrons. The molecule has 3 N–H and O–H groups in total. The van der Waals surface area contributed by atoms with Gasteiger partial charge in [-0.25, -0.2) is 0 Å². The second kappa shape index (κ2) is 22.2. The maximum atomic E-state index is 7.17. The van der Waals surface area contributed by atoms with Crippen LogP contribution in [-0.4, -0.2) is 22.4 Å². The Balaban J connectivity index is 0.000000211. The average molecular weight is 789 g/mol. The van der Waals surface area contributed by atoms with Crippen molar-refractivity contribution in [3.63, 3.8) is 0 Å². The normalized spacial score (nSPS) is 10.3. The van der Waals surface area contributed by atoms with E-state index in [1.54, 1.807) is 0 Å². The van der Waals surface area contributed by atoms with E-state index in [0.717, 1.165) is 0 Å². The second-order valence-electron chi connectivity index (χ2n) is 14.0. The van der Waals surface area contributed by atoms with Crippen LogP contribution in [-0.2, 0) is 0 Å². The van der Waals surface area contributed by atoms with Crippen LogP contribution >= 0.6 is 35.3 Å². The molecule has 0 aromatic heterocycles. The van der Waals surface area contributed by atoms with Crippen molar-refractivity contribution in [1.82, 2.24) is 0 Å². The van der Waals surface area contributed by atoms with Crippen LogP contribution in [0.1, 0.15) is 66.8 Å². The fourth-order valence-corrected chi connectivity index (χ4v) is 9.43. The van der Waals surface area contributed by atoms with Crippen molar-refractivity contribution >= 4 is 42.6 Å². The van der Waals surface area contributed by atoms with Crippen LogP contribution in [0.5, 0.6) is 0 Å². The predicted octanol–water partition coefficient (Wildman–Crippen LogP) is 13.2. The molecule has 0 aliphatic rings. The molecule has 0 aliphatic carbocycles. The molecule has 6 aromatic carbocycles. The molecule has 3 nitrogen and oxygen atoms in total. The summed E-state index contributed by atoms with van der Waals surface area (Å²) in [7, 11) is -2.17. The SMILES string of the molecule is Cc1cccc(C)c1Sc1c(C)cccc1C.Cc1cccc(C)c1Sc1c(C)cccc1C.Cc1cccc(C)c1Sc1c(C)cccc1C.OB(O)O. The molecule has 0 saturated heterocycles. The number of hydrogen-bond acceptors (Lipinski definition) is 6. The van der Waals surface area contributed by atoms with E-state index in [2.05, 4.69) is 192 Å². The second-order valence-corrected chi connectivity index (χ2v) is 17.0. The highest BCUT2D eigenvalue weighted by Gasteiger charge is 2.11. The summed E-state index contributed by atoms with van der Waals surface area (Å²) in [5, 5.41) is 21.5. The monoisotopic (exact) mass is 788 g/mol. The minimum Gasteiger partial charge on any atom is -0.402 e. The summed E-state index contributed by atoms with van der Waals surface area (Å²) in [5.74, 6) is 0. The Labute approximate surface area is 344 Å². The van der Waals surface area contributed by atoms with Gasteiger partial charge in [-0.15, -0.1) is 0 Å². The van der Waals surface area contributed by atoms with Gasteiger partial charge in [-0.3, -0.25) is 0 Å². The van der Waals surface area contributed by atoms with Crippen LogP contribution in [0, 0.1) is 83.1 Å². The lowest BCUT2D eigenvalue weighted by molar-refractivity contribution is 0.278. The molecule has 0 spiro atoms. The van der Waals surface area contributed by atoms with Crippen LogP contribution in [0.15, 0.2) is 139 Å². The predicted molar refractivity (Wildman–Crippen MR) is 240 cm³/mol. The fraction of sp³-hybridized carbons (Fsp3) is 0.250. The Morgan fingerprint density at radius 3 is 0.436 bits per heavy atom. The van der Waals surface area contributed by atoms with E-state index in [-0.39, 0.29) is 0 Å². The zero-order valence-electron chi connectivity index (χ0n) is 34.5. The van der Waals surface area contributed by atoms with Gasteiger partial charge in [0.15, 0.2) is 0 Å². The van der Waals surface area contributed by atoms with Gasteiger partial charge in [-0.2, -0.15) is 0 Å². The zero-order valence-corrected chi connectivity index (χ0v) is 37.0. The van der Waals surface area contributed by atoms with Gasteiger partial charge in [-0.05, 0) is 150 Å². The summed E-state index contributed by atoms with van der Waals surface area (Å²) in [6, 6.07) is 38.9. The van der Waals surface area contributed by atoms with Gasteiger partial charge in [0.05, 0.1) is 0 Å². The van der Waals surface area contributed by atoms with Crippen molar-refractivity contribution in [1.29, 1.82) is 0 Å². The minimum atomic E-state index is -2.17. The molecule has 0 fully saturated rings. The summed E-state index contributed by atoms with van der Waals surface area (Å²) in [6.45, 7) is 26.2. The van der Waals surface area contributed by atoms with Crippen LogP contribution in [0.25, 0.3) is 0 Å². The van der Waals surface area contributed by atoms with Crippen LogP contribution in [0.2, 0.25) is 0 Å². The molecule has 7 heteroatoms. The summed E-state index contributed by atoms with van der Waals surface area (Å²) in [5.41, 5.74) is 16.3. The van der Waals surface area contributed by atoms with E-state index in [1.165, 1.54) is 96.1 Å². The van der Waals surface area contributed by atoms with Crippen molar-refractivity contribution in [3.8, 4) is 0 Å². The average Bonchev–Trinajstić information content (AvgIpc) is 3.10. The molecule has 288 valence electrons. The van der Waals surface area contributed by atoms with E-state index in [0.29, 0.717) is 0 Å². The molecule has 0 aliphatic heterocycles. The number of aryl methyl sites for hydroxylation is 12. The molecule has 0 saturated carbocycles. The lowest BCUT2D eigenvalue weighted by Crippen LogP contribution is -2.07. The lowest BCUT2D eigenvalue weighted by atomic mass is 10.1. The summed E-state index contributed by atoms with van der Waals surface area (Å²) in [4.78, 5) is 8.36. The minimum absolute atomic E-state index is 1.36. The lowest BCUT2D eigenvalue weighted by Gasteiger charge is -2.13. The Kier molecular flexibility index (Phi) is 18.4. The fourth-order valence-electron chi connectivity index (χ4n) is 6.07. The molecule has 6 rings (SSSR count). The summed E-state index contributed by atoms with van der Waals surface area (Å²) >= 11 is 5.68. The van der Waals surface area contributed by atoms with Gasteiger partial charge in [0.1, 0.15) is 0 Å². The van der Waals surface area contributed by atoms with Gasteiger partial charge < -0.3 is 15.1 Å². The first kappa shape index (κ1) is 45.7.